The molecule has 1 aromatic rings. The Hall–Kier alpha value is -1.98. The Kier molecular flexibility index (Phi) is 11.3. The fraction of sp³-hybridized carbons (Fsp3) is 0.643. The number of benzene rings is 1. The first kappa shape index (κ1) is 27.3. The number of amides is 1. The summed E-state index contributed by atoms with van der Waals surface area (Å²) in [5.41, 5.74) is 8.06. The van der Waals surface area contributed by atoms with Gasteiger partial charge in [-0.1, -0.05) is 76.6 Å². The van der Waals surface area contributed by atoms with Crippen molar-refractivity contribution in [2.45, 2.75) is 90.8 Å². The summed E-state index contributed by atoms with van der Waals surface area (Å²) in [5.74, 6) is 0.538. The van der Waals surface area contributed by atoms with E-state index in [1.54, 1.807) is 0 Å². The van der Waals surface area contributed by atoms with Crippen molar-refractivity contribution in [3.8, 4) is 0 Å². The number of Topliss-reactive ketones (excluding diaryl/α,β-unsaturated/α-hetero) is 1. The average Bonchev–Trinajstić information content (AvgIpc) is 3.29. The number of ketones is 1. The van der Waals surface area contributed by atoms with Crippen LogP contribution in [-0.4, -0.2) is 47.8 Å². The second kappa shape index (κ2) is 13.7. The standard InChI is InChI=1S/C28H45N3O2/c1-20(2)22(5)26-15-11-19-31(26)28(33)25(14-9-10-18-29)30-24(27(32)21(3)4)17-16-23-12-7-6-8-13-23/h6-8,12-13,20-21,24-26,30H,5,9-11,14-19,29H2,1-4H3/t24-,25-,26-/m0/s1. The summed E-state index contributed by atoms with van der Waals surface area (Å²) < 4.78 is 0. The molecule has 1 heterocycles. The van der Waals surface area contributed by atoms with Crippen molar-refractivity contribution in [3.63, 3.8) is 0 Å². The molecule has 0 aliphatic carbocycles. The highest BCUT2D eigenvalue weighted by molar-refractivity contribution is 5.88. The number of likely N-dealkylation sites (tertiary alicyclic amines) is 1. The first-order chi connectivity index (χ1) is 15.8. The molecule has 33 heavy (non-hydrogen) atoms. The van der Waals surface area contributed by atoms with Crippen LogP contribution in [0.3, 0.4) is 0 Å². The minimum atomic E-state index is -0.374. The maximum Gasteiger partial charge on any atom is 0.240 e. The van der Waals surface area contributed by atoms with Gasteiger partial charge >= 0.3 is 0 Å². The van der Waals surface area contributed by atoms with E-state index >= 15 is 0 Å². The lowest BCUT2D eigenvalue weighted by molar-refractivity contribution is -0.134. The fourth-order valence-corrected chi connectivity index (χ4v) is 4.68. The Morgan fingerprint density at radius 1 is 1.06 bits per heavy atom. The summed E-state index contributed by atoms with van der Waals surface area (Å²) in [6, 6.07) is 9.61. The SMILES string of the molecule is C=C(C(C)C)[C@@H]1CCCN1C(=O)[C@H](CCCCN)N[C@@H](CCc1ccccc1)C(=O)C(C)C. The van der Waals surface area contributed by atoms with E-state index < -0.39 is 0 Å². The normalized spacial score (nSPS) is 18.0. The summed E-state index contributed by atoms with van der Waals surface area (Å²) in [5, 5.41) is 3.52. The van der Waals surface area contributed by atoms with Gasteiger partial charge in [-0.2, -0.15) is 0 Å². The summed E-state index contributed by atoms with van der Waals surface area (Å²) >= 11 is 0. The van der Waals surface area contributed by atoms with Crippen molar-refractivity contribution in [1.82, 2.24) is 10.2 Å². The third-order valence-corrected chi connectivity index (χ3v) is 6.83. The van der Waals surface area contributed by atoms with Crippen LogP contribution in [0.5, 0.6) is 0 Å². The Bertz CT molecular complexity index is 760. The largest absolute Gasteiger partial charge is 0.335 e. The Morgan fingerprint density at radius 2 is 1.76 bits per heavy atom. The van der Waals surface area contributed by atoms with Crippen LogP contribution < -0.4 is 11.1 Å². The molecule has 0 bridgehead atoms. The molecule has 1 aliphatic heterocycles. The number of rotatable bonds is 14. The van der Waals surface area contributed by atoms with Crippen molar-refractivity contribution in [3.05, 3.63) is 48.0 Å². The van der Waals surface area contributed by atoms with Gasteiger partial charge in [0, 0.05) is 12.5 Å². The molecule has 0 spiro atoms. The molecule has 5 nitrogen and oxygen atoms in total. The van der Waals surface area contributed by atoms with Gasteiger partial charge in [-0.15, -0.1) is 0 Å². The second-order valence-electron chi connectivity index (χ2n) is 10.1. The zero-order chi connectivity index (χ0) is 24.4. The van der Waals surface area contributed by atoms with Crippen LogP contribution in [0.25, 0.3) is 0 Å². The van der Waals surface area contributed by atoms with Gasteiger partial charge in [-0.3, -0.25) is 14.9 Å². The molecule has 2 rings (SSSR count). The Morgan fingerprint density at radius 3 is 2.36 bits per heavy atom. The molecule has 184 valence electrons. The molecule has 0 radical (unpaired) electrons. The molecular formula is C28H45N3O2. The number of carbonyl (C=O) groups excluding carboxylic acids is 2. The smallest absolute Gasteiger partial charge is 0.240 e. The van der Waals surface area contributed by atoms with Gasteiger partial charge < -0.3 is 10.6 Å². The van der Waals surface area contributed by atoms with Crippen LogP contribution >= 0.6 is 0 Å². The lowest BCUT2D eigenvalue weighted by atomic mass is 9.93. The predicted octanol–water partition coefficient (Wildman–Crippen LogP) is 4.50. The van der Waals surface area contributed by atoms with Gasteiger partial charge in [-0.25, -0.2) is 0 Å². The third-order valence-electron chi connectivity index (χ3n) is 6.83. The number of hydrogen-bond donors (Lipinski definition) is 2. The van der Waals surface area contributed by atoms with Crippen molar-refractivity contribution in [2.24, 2.45) is 17.6 Å². The average molecular weight is 456 g/mol. The molecule has 0 unspecified atom stereocenters. The molecule has 0 saturated carbocycles. The summed E-state index contributed by atoms with van der Waals surface area (Å²) in [7, 11) is 0. The molecule has 1 aromatic carbocycles. The molecule has 3 atom stereocenters. The summed E-state index contributed by atoms with van der Waals surface area (Å²) in [6.45, 7) is 13.8. The topological polar surface area (TPSA) is 75.4 Å². The van der Waals surface area contributed by atoms with E-state index in [1.165, 1.54) is 5.56 Å². The zero-order valence-corrected chi connectivity index (χ0v) is 21.2. The maximum absolute atomic E-state index is 13.8. The van der Waals surface area contributed by atoms with Crippen LogP contribution in [0.1, 0.15) is 71.8 Å². The Balaban J connectivity index is 2.20. The molecule has 5 heteroatoms. The third kappa shape index (κ3) is 8.08. The van der Waals surface area contributed by atoms with Gasteiger partial charge in [0.25, 0.3) is 0 Å². The minimum Gasteiger partial charge on any atom is -0.335 e. The van der Waals surface area contributed by atoms with Crippen molar-refractivity contribution in [1.29, 1.82) is 0 Å². The van der Waals surface area contributed by atoms with E-state index in [9.17, 15) is 9.59 Å². The van der Waals surface area contributed by atoms with Gasteiger partial charge in [0.05, 0.1) is 18.1 Å². The maximum atomic E-state index is 13.8. The van der Waals surface area contributed by atoms with Crippen LogP contribution in [-0.2, 0) is 16.0 Å². The quantitative estimate of drug-likeness (QED) is 0.320. The first-order valence-corrected chi connectivity index (χ1v) is 12.8. The molecular weight excluding hydrogens is 410 g/mol. The molecule has 1 fully saturated rings. The van der Waals surface area contributed by atoms with Gasteiger partial charge in [0.1, 0.15) is 0 Å². The van der Waals surface area contributed by atoms with Crippen LogP contribution in [0.15, 0.2) is 42.5 Å². The van der Waals surface area contributed by atoms with Crippen LogP contribution in [0.2, 0.25) is 0 Å². The number of nitrogens with one attached hydrogen (secondary N) is 1. The second-order valence-corrected chi connectivity index (χ2v) is 10.1. The highest BCUT2D eigenvalue weighted by Crippen LogP contribution is 2.28. The molecule has 1 aliphatic rings. The van der Waals surface area contributed by atoms with E-state index in [4.69, 9.17) is 5.73 Å². The molecule has 3 N–H and O–H groups in total. The highest BCUT2D eigenvalue weighted by atomic mass is 16.2. The number of unbranched alkanes of at least 4 members (excludes halogenated alkanes) is 1. The molecule has 1 saturated heterocycles. The number of nitrogens with zero attached hydrogens (tertiary/aromatic N) is 1. The minimum absolute atomic E-state index is 0.0849. The van der Waals surface area contributed by atoms with E-state index in [1.807, 2.05) is 36.9 Å². The number of aryl methyl sites for hydroxylation is 1. The van der Waals surface area contributed by atoms with Crippen molar-refractivity contribution < 1.29 is 9.59 Å². The highest BCUT2D eigenvalue weighted by Gasteiger charge is 2.36. The number of carbonyl (C=O) groups is 2. The van der Waals surface area contributed by atoms with Gasteiger partial charge in [0.15, 0.2) is 5.78 Å². The van der Waals surface area contributed by atoms with E-state index in [2.05, 4.69) is 37.9 Å². The van der Waals surface area contributed by atoms with E-state index in [0.717, 1.165) is 44.2 Å². The van der Waals surface area contributed by atoms with Crippen molar-refractivity contribution >= 4 is 11.7 Å². The van der Waals surface area contributed by atoms with Crippen molar-refractivity contribution in [2.75, 3.05) is 13.1 Å². The Labute approximate surface area is 201 Å². The lowest BCUT2D eigenvalue weighted by Gasteiger charge is -2.33. The zero-order valence-electron chi connectivity index (χ0n) is 21.2. The van der Waals surface area contributed by atoms with Gasteiger partial charge in [-0.05, 0) is 56.6 Å². The fourth-order valence-electron chi connectivity index (χ4n) is 4.68. The predicted molar refractivity (Wildman–Crippen MR) is 137 cm³/mol. The monoisotopic (exact) mass is 455 g/mol. The molecule has 0 aromatic heterocycles. The number of nitrogens with two attached hydrogens (primary N) is 1. The van der Waals surface area contributed by atoms with Crippen LogP contribution in [0.4, 0.5) is 0 Å². The van der Waals surface area contributed by atoms with Crippen LogP contribution in [0, 0.1) is 11.8 Å². The van der Waals surface area contributed by atoms with E-state index in [0.29, 0.717) is 25.3 Å². The lowest BCUT2D eigenvalue weighted by Crippen LogP contribution is -2.54. The van der Waals surface area contributed by atoms with E-state index in [-0.39, 0.29) is 35.7 Å². The number of hydrogen-bond acceptors (Lipinski definition) is 4. The summed E-state index contributed by atoms with van der Waals surface area (Å²) in [4.78, 5) is 28.9. The summed E-state index contributed by atoms with van der Waals surface area (Å²) in [6.07, 6.45) is 5.90. The van der Waals surface area contributed by atoms with Gasteiger partial charge in [0.2, 0.25) is 5.91 Å². The first-order valence-electron chi connectivity index (χ1n) is 12.8. The molecule has 1 amide bonds.